The average Bonchev–Trinajstić information content (AvgIpc) is 2.78. The van der Waals surface area contributed by atoms with Crippen LogP contribution in [0, 0.1) is 5.92 Å². The summed E-state index contributed by atoms with van der Waals surface area (Å²) in [5.74, 6) is -0.329. The van der Waals surface area contributed by atoms with Gasteiger partial charge in [0, 0.05) is 18.3 Å². The first-order chi connectivity index (χ1) is 10.1. The summed E-state index contributed by atoms with van der Waals surface area (Å²) in [6.07, 6.45) is 4.36. The molecular weight excluding hydrogens is 268 g/mol. The number of urea groups is 1. The largest absolute Gasteiger partial charge is 0.478 e. The highest BCUT2D eigenvalue weighted by atomic mass is 16.4. The summed E-state index contributed by atoms with van der Waals surface area (Å²) < 4.78 is 0. The fraction of sp³-hybridized carbons (Fsp3) is 0.500. The van der Waals surface area contributed by atoms with E-state index in [-0.39, 0.29) is 17.6 Å². The molecule has 0 radical (unpaired) electrons. The molecule has 1 aliphatic heterocycles. The van der Waals surface area contributed by atoms with Crippen LogP contribution >= 0.6 is 0 Å². The fourth-order valence-corrected chi connectivity index (χ4v) is 3.08. The molecule has 2 aliphatic rings. The number of carbonyl (C=O) groups excluding carboxylic acids is 1. The van der Waals surface area contributed by atoms with E-state index in [0.717, 1.165) is 11.3 Å². The van der Waals surface area contributed by atoms with E-state index in [1.165, 1.54) is 19.3 Å². The van der Waals surface area contributed by atoms with Gasteiger partial charge in [0.25, 0.3) is 0 Å². The Kier molecular flexibility index (Phi) is 3.57. The van der Waals surface area contributed by atoms with E-state index in [4.69, 9.17) is 5.11 Å². The van der Waals surface area contributed by atoms with E-state index < -0.39 is 5.97 Å². The van der Waals surface area contributed by atoms with E-state index in [1.54, 1.807) is 23.1 Å². The second kappa shape index (κ2) is 5.39. The Hall–Kier alpha value is -2.04. The van der Waals surface area contributed by atoms with Gasteiger partial charge in [0.2, 0.25) is 0 Å². The number of carboxylic acid groups (broad SMARTS) is 1. The number of hydrogen-bond acceptors (Lipinski definition) is 2. The Morgan fingerprint density at radius 3 is 2.76 bits per heavy atom. The molecule has 0 aromatic heterocycles. The molecule has 1 fully saturated rings. The second-order valence-corrected chi connectivity index (χ2v) is 5.98. The van der Waals surface area contributed by atoms with Crippen LogP contribution in [0.1, 0.15) is 42.1 Å². The Morgan fingerprint density at radius 1 is 1.38 bits per heavy atom. The van der Waals surface area contributed by atoms with Gasteiger partial charge in [-0.1, -0.05) is 6.42 Å². The first kappa shape index (κ1) is 13.9. The predicted molar refractivity (Wildman–Crippen MR) is 79.8 cm³/mol. The van der Waals surface area contributed by atoms with Gasteiger partial charge in [-0.15, -0.1) is 0 Å². The zero-order chi connectivity index (χ0) is 15.0. The summed E-state index contributed by atoms with van der Waals surface area (Å²) in [6.45, 7) is 2.67. The van der Waals surface area contributed by atoms with E-state index in [0.29, 0.717) is 18.9 Å². The lowest BCUT2D eigenvalue weighted by Crippen LogP contribution is -2.47. The van der Waals surface area contributed by atoms with Crippen molar-refractivity contribution < 1.29 is 14.7 Å². The molecule has 1 heterocycles. The van der Waals surface area contributed by atoms with Gasteiger partial charge in [-0.3, -0.25) is 4.90 Å². The Balaban J connectivity index is 1.71. The van der Waals surface area contributed by atoms with E-state index >= 15 is 0 Å². The number of hydrogen-bond donors (Lipinski definition) is 2. The number of carbonyl (C=O) groups is 2. The van der Waals surface area contributed by atoms with E-state index in [2.05, 4.69) is 12.2 Å². The number of benzene rings is 1. The third-order valence-corrected chi connectivity index (χ3v) is 4.68. The van der Waals surface area contributed by atoms with Crippen LogP contribution in [0.5, 0.6) is 0 Å². The number of nitrogens with one attached hydrogen (secondary N) is 1. The van der Waals surface area contributed by atoms with Crippen LogP contribution in [0.15, 0.2) is 18.2 Å². The number of anilines is 1. The van der Waals surface area contributed by atoms with Crippen molar-refractivity contribution in [3.63, 3.8) is 0 Å². The van der Waals surface area contributed by atoms with Gasteiger partial charge in [-0.2, -0.15) is 0 Å². The van der Waals surface area contributed by atoms with Crippen LogP contribution in [0.25, 0.3) is 0 Å². The molecule has 2 N–H and O–H groups in total. The lowest BCUT2D eigenvalue weighted by Gasteiger charge is -2.33. The quantitative estimate of drug-likeness (QED) is 0.898. The first-order valence-electron chi connectivity index (χ1n) is 7.50. The van der Waals surface area contributed by atoms with Gasteiger partial charge in [0.15, 0.2) is 0 Å². The SMILES string of the molecule is CC(NC(=O)N1CCc2cc(C(=O)O)ccc21)C1CCC1. The molecule has 1 aromatic rings. The molecule has 1 aliphatic carbocycles. The molecular formula is C16H20N2O3. The van der Waals surface area contributed by atoms with Crippen molar-refractivity contribution >= 4 is 17.7 Å². The highest BCUT2D eigenvalue weighted by molar-refractivity contribution is 5.96. The van der Waals surface area contributed by atoms with Crippen molar-refractivity contribution in [2.45, 2.75) is 38.6 Å². The smallest absolute Gasteiger partial charge is 0.335 e. The number of rotatable bonds is 3. The number of carboxylic acids is 1. The maximum Gasteiger partial charge on any atom is 0.335 e. The Morgan fingerprint density at radius 2 is 2.14 bits per heavy atom. The third-order valence-electron chi connectivity index (χ3n) is 4.68. The summed E-state index contributed by atoms with van der Waals surface area (Å²) in [4.78, 5) is 25.1. The Labute approximate surface area is 123 Å². The maximum absolute atomic E-state index is 12.4. The minimum atomic E-state index is -0.931. The topological polar surface area (TPSA) is 69.6 Å². The Bertz CT molecular complexity index is 581. The van der Waals surface area contributed by atoms with Crippen LogP contribution in [-0.4, -0.2) is 29.7 Å². The molecule has 0 spiro atoms. The average molecular weight is 288 g/mol. The van der Waals surface area contributed by atoms with Gasteiger partial charge < -0.3 is 10.4 Å². The minimum Gasteiger partial charge on any atom is -0.478 e. The fourth-order valence-electron chi connectivity index (χ4n) is 3.08. The molecule has 5 heteroatoms. The predicted octanol–water partition coefficient (Wildman–Crippen LogP) is 2.65. The monoisotopic (exact) mass is 288 g/mol. The standard InChI is InChI=1S/C16H20N2O3/c1-10(11-3-2-4-11)17-16(21)18-8-7-12-9-13(15(19)20)5-6-14(12)18/h5-6,9-11H,2-4,7-8H2,1H3,(H,17,21)(H,19,20). The second-order valence-electron chi connectivity index (χ2n) is 5.98. The summed E-state index contributed by atoms with van der Waals surface area (Å²) in [7, 11) is 0. The number of nitrogens with zero attached hydrogens (tertiary/aromatic N) is 1. The van der Waals surface area contributed by atoms with Crippen molar-refractivity contribution in [3.8, 4) is 0 Å². The van der Waals surface area contributed by atoms with Crippen molar-refractivity contribution in [2.75, 3.05) is 11.4 Å². The third kappa shape index (κ3) is 2.60. The lowest BCUT2D eigenvalue weighted by molar-refractivity contribution is 0.0697. The van der Waals surface area contributed by atoms with E-state index in [1.807, 2.05) is 0 Å². The van der Waals surface area contributed by atoms with Crippen LogP contribution in [-0.2, 0) is 6.42 Å². The van der Waals surface area contributed by atoms with Crippen molar-refractivity contribution in [1.29, 1.82) is 0 Å². The molecule has 0 bridgehead atoms. The normalized spacial score (nSPS) is 18.8. The van der Waals surface area contributed by atoms with Gasteiger partial charge in [0.05, 0.1) is 5.56 Å². The highest BCUT2D eigenvalue weighted by Gasteiger charge is 2.29. The van der Waals surface area contributed by atoms with Gasteiger partial charge in [0.1, 0.15) is 0 Å². The molecule has 1 unspecified atom stereocenters. The van der Waals surface area contributed by atoms with Crippen molar-refractivity contribution in [1.82, 2.24) is 5.32 Å². The molecule has 1 atom stereocenters. The van der Waals surface area contributed by atoms with Gasteiger partial charge >= 0.3 is 12.0 Å². The number of fused-ring (bicyclic) bond motifs is 1. The van der Waals surface area contributed by atoms with Crippen LogP contribution in [0.2, 0.25) is 0 Å². The zero-order valence-corrected chi connectivity index (χ0v) is 12.1. The number of amides is 2. The summed E-state index contributed by atoms with van der Waals surface area (Å²) >= 11 is 0. The summed E-state index contributed by atoms with van der Waals surface area (Å²) in [6, 6.07) is 5.09. The first-order valence-corrected chi connectivity index (χ1v) is 7.50. The maximum atomic E-state index is 12.4. The van der Waals surface area contributed by atoms with Gasteiger partial charge in [-0.25, -0.2) is 9.59 Å². The summed E-state index contributed by atoms with van der Waals surface area (Å²) in [5.41, 5.74) is 2.04. The van der Waals surface area contributed by atoms with Crippen molar-refractivity contribution in [2.24, 2.45) is 5.92 Å². The van der Waals surface area contributed by atoms with Crippen LogP contribution in [0.4, 0.5) is 10.5 Å². The summed E-state index contributed by atoms with van der Waals surface area (Å²) in [5, 5.41) is 12.1. The van der Waals surface area contributed by atoms with Crippen LogP contribution < -0.4 is 10.2 Å². The molecule has 21 heavy (non-hydrogen) atoms. The molecule has 3 rings (SSSR count). The highest BCUT2D eigenvalue weighted by Crippen LogP contribution is 2.31. The van der Waals surface area contributed by atoms with Crippen molar-refractivity contribution in [3.05, 3.63) is 29.3 Å². The zero-order valence-electron chi connectivity index (χ0n) is 12.1. The molecule has 112 valence electrons. The van der Waals surface area contributed by atoms with Crippen LogP contribution in [0.3, 0.4) is 0 Å². The molecule has 5 nitrogen and oxygen atoms in total. The molecule has 0 saturated heterocycles. The minimum absolute atomic E-state index is 0.0729. The molecule has 1 aromatic carbocycles. The van der Waals surface area contributed by atoms with E-state index in [9.17, 15) is 9.59 Å². The van der Waals surface area contributed by atoms with Gasteiger partial charge in [-0.05, 0) is 55.9 Å². The molecule has 1 saturated carbocycles. The molecule has 2 amide bonds. The number of aromatic carboxylic acids is 1. The lowest BCUT2D eigenvalue weighted by atomic mass is 9.80.